The minimum atomic E-state index is -0.0124. The Bertz CT molecular complexity index is 479. The van der Waals surface area contributed by atoms with E-state index in [0.29, 0.717) is 12.6 Å². The Balaban J connectivity index is 1.70. The van der Waals surface area contributed by atoms with Crippen molar-refractivity contribution in [3.05, 3.63) is 29.8 Å². The van der Waals surface area contributed by atoms with Crippen LogP contribution in [-0.2, 0) is 11.3 Å². The minimum absolute atomic E-state index is 0.0124. The lowest BCUT2D eigenvalue weighted by Crippen LogP contribution is -2.49. The number of benzene rings is 1. The van der Waals surface area contributed by atoms with Gasteiger partial charge in [-0.15, -0.1) is 0 Å². The maximum Gasteiger partial charge on any atom is 0.240 e. The maximum absolute atomic E-state index is 12.7. The molecule has 1 atom stereocenters. The molecule has 2 fully saturated rings. The highest BCUT2D eigenvalue weighted by atomic mass is 16.3. The maximum atomic E-state index is 12.7. The molecule has 108 valence electrons. The van der Waals surface area contributed by atoms with Gasteiger partial charge in [0.25, 0.3) is 0 Å². The van der Waals surface area contributed by atoms with Crippen LogP contribution in [0.25, 0.3) is 0 Å². The SMILES string of the molecule is O=C([C@@H]1CCCCN1)N(Cc1cccc(O)c1)C1CC1. The third kappa shape index (κ3) is 3.12. The summed E-state index contributed by atoms with van der Waals surface area (Å²) in [6, 6.07) is 7.59. The summed E-state index contributed by atoms with van der Waals surface area (Å²) in [7, 11) is 0. The molecule has 2 aliphatic rings. The Morgan fingerprint density at radius 1 is 1.30 bits per heavy atom. The van der Waals surface area contributed by atoms with Crippen LogP contribution in [0.2, 0.25) is 0 Å². The van der Waals surface area contributed by atoms with E-state index in [1.54, 1.807) is 12.1 Å². The van der Waals surface area contributed by atoms with Crippen molar-refractivity contribution >= 4 is 5.91 Å². The van der Waals surface area contributed by atoms with E-state index in [9.17, 15) is 9.90 Å². The minimum Gasteiger partial charge on any atom is -0.508 e. The largest absolute Gasteiger partial charge is 0.508 e. The highest BCUT2D eigenvalue weighted by Crippen LogP contribution is 2.30. The summed E-state index contributed by atoms with van der Waals surface area (Å²) in [6.45, 7) is 1.55. The van der Waals surface area contributed by atoms with Gasteiger partial charge >= 0.3 is 0 Å². The second-order valence-corrected chi connectivity index (χ2v) is 5.87. The zero-order chi connectivity index (χ0) is 13.9. The van der Waals surface area contributed by atoms with Crippen molar-refractivity contribution in [2.24, 2.45) is 0 Å². The molecule has 0 spiro atoms. The number of hydrogen-bond acceptors (Lipinski definition) is 3. The monoisotopic (exact) mass is 274 g/mol. The summed E-state index contributed by atoms with van der Waals surface area (Å²) in [4.78, 5) is 14.7. The highest BCUT2D eigenvalue weighted by molar-refractivity contribution is 5.82. The molecule has 0 aromatic heterocycles. The van der Waals surface area contributed by atoms with E-state index in [0.717, 1.165) is 37.8 Å². The molecule has 0 bridgehead atoms. The highest BCUT2D eigenvalue weighted by Gasteiger charge is 2.36. The molecule has 4 heteroatoms. The number of phenols is 1. The first-order chi connectivity index (χ1) is 9.74. The van der Waals surface area contributed by atoms with Crippen molar-refractivity contribution < 1.29 is 9.90 Å². The first-order valence-corrected chi connectivity index (χ1v) is 7.56. The van der Waals surface area contributed by atoms with Gasteiger partial charge in [-0.3, -0.25) is 4.79 Å². The fraction of sp³-hybridized carbons (Fsp3) is 0.562. The molecule has 1 saturated heterocycles. The first-order valence-electron chi connectivity index (χ1n) is 7.56. The van der Waals surface area contributed by atoms with Gasteiger partial charge in [-0.05, 0) is 49.9 Å². The van der Waals surface area contributed by atoms with E-state index in [2.05, 4.69) is 5.32 Å². The Morgan fingerprint density at radius 2 is 2.15 bits per heavy atom. The average Bonchev–Trinajstić information content (AvgIpc) is 3.30. The van der Waals surface area contributed by atoms with Crippen molar-refractivity contribution in [2.75, 3.05) is 6.54 Å². The van der Waals surface area contributed by atoms with Crippen LogP contribution in [0.1, 0.15) is 37.7 Å². The lowest BCUT2D eigenvalue weighted by atomic mass is 10.0. The van der Waals surface area contributed by atoms with Crippen molar-refractivity contribution in [1.82, 2.24) is 10.2 Å². The Hall–Kier alpha value is -1.55. The van der Waals surface area contributed by atoms with Gasteiger partial charge in [0, 0.05) is 12.6 Å². The van der Waals surface area contributed by atoms with E-state index >= 15 is 0 Å². The van der Waals surface area contributed by atoms with Gasteiger partial charge in [0.1, 0.15) is 5.75 Å². The van der Waals surface area contributed by atoms with Gasteiger partial charge in [-0.2, -0.15) is 0 Å². The first kappa shape index (κ1) is 13.4. The fourth-order valence-corrected chi connectivity index (χ4v) is 2.89. The summed E-state index contributed by atoms with van der Waals surface area (Å²) in [5.41, 5.74) is 1.00. The summed E-state index contributed by atoms with van der Waals surface area (Å²) in [6.07, 6.45) is 5.46. The quantitative estimate of drug-likeness (QED) is 0.883. The normalized spacial score (nSPS) is 22.5. The second kappa shape index (κ2) is 5.83. The number of aromatic hydroxyl groups is 1. The van der Waals surface area contributed by atoms with E-state index in [-0.39, 0.29) is 17.7 Å². The van der Waals surface area contributed by atoms with Gasteiger partial charge in [0.2, 0.25) is 5.91 Å². The van der Waals surface area contributed by atoms with Crippen LogP contribution in [0.3, 0.4) is 0 Å². The number of nitrogens with zero attached hydrogens (tertiary/aromatic N) is 1. The number of piperidine rings is 1. The molecule has 1 aromatic rings. The van der Waals surface area contributed by atoms with Crippen LogP contribution in [-0.4, -0.2) is 34.5 Å². The predicted molar refractivity (Wildman–Crippen MR) is 77.3 cm³/mol. The molecular formula is C16H22N2O2. The molecule has 20 heavy (non-hydrogen) atoms. The number of amides is 1. The predicted octanol–water partition coefficient (Wildman–Crippen LogP) is 2.03. The van der Waals surface area contributed by atoms with Crippen LogP contribution in [0, 0.1) is 0 Å². The third-order valence-electron chi connectivity index (χ3n) is 4.14. The fourth-order valence-electron chi connectivity index (χ4n) is 2.89. The molecular weight excluding hydrogens is 252 g/mol. The molecule has 1 aliphatic carbocycles. The molecule has 1 amide bonds. The Labute approximate surface area is 119 Å². The molecule has 1 aliphatic heterocycles. The Morgan fingerprint density at radius 3 is 2.80 bits per heavy atom. The van der Waals surface area contributed by atoms with Crippen molar-refractivity contribution in [3.8, 4) is 5.75 Å². The zero-order valence-electron chi connectivity index (χ0n) is 11.7. The van der Waals surface area contributed by atoms with Crippen LogP contribution in [0.15, 0.2) is 24.3 Å². The van der Waals surface area contributed by atoms with Crippen LogP contribution >= 0.6 is 0 Å². The van der Waals surface area contributed by atoms with Gasteiger partial charge in [-0.25, -0.2) is 0 Å². The molecule has 4 nitrogen and oxygen atoms in total. The average molecular weight is 274 g/mol. The van der Waals surface area contributed by atoms with Crippen LogP contribution < -0.4 is 5.32 Å². The summed E-state index contributed by atoms with van der Waals surface area (Å²) < 4.78 is 0. The number of phenolic OH excluding ortho intramolecular Hbond substituents is 1. The molecule has 3 rings (SSSR count). The third-order valence-corrected chi connectivity index (χ3v) is 4.14. The van der Waals surface area contributed by atoms with Crippen molar-refractivity contribution in [2.45, 2.75) is 50.7 Å². The van der Waals surface area contributed by atoms with Crippen LogP contribution in [0.4, 0.5) is 0 Å². The molecule has 1 aromatic carbocycles. The molecule has 2 N–H and O–H groups in total. The van der Waals surface area contributed by atoms with E-state index in [1.807, 2.05) is 17.0 Å². The standard InChI is InChI=1S/C16H22N2O2/c19-14-5-3-4-12(10-14)11-18(13-7-8-13)16(20)15-6-1-2-9-17-15/h3-5,10,13,15,17,19H,1-2,6-9,11H2/t15-/m0/s1. The molecule has 0 radical (unpaired) electrons. The summed E-state index contributed by atoms with van der Waals surface area (Å²) in [5.74, 6) is 0.497. The number of rotatable bonds is 4. The second-order valence-electron chi connectivity index (χ2n) is 5.87. The van der Waals surface area contributed by atoms with E-state index < -0.39 is 0 Å². The molecule has 0 unspecified atom stereocenters. The zero-order valence-corrected chi connectivity index (χ0v) is 11.7. The van der Waals surface area contributed by atoms with E-state index in [1.165, 1.54) is 6.42 Å². The van der Waals surface area contributed by atoms with Gasteiger partial charge in [0.05, 0.1) is 6.04 Å². The Kier molecular flexibility index (Phi) is 3.92. The summed E-state index contributed by atoms with van der Waals surface area (Å²) >= 11 is 0. The number of nitrogens with one attached hydrogen (secondary N) is 1. The number of carbonyl (C=O) groups is 1. The van der Waals surface area contributed by atoms with Crippen molar-refractivity contribution in [3.63, 3.8) is 0 Å². The lowest BCUT2D eigenvalue weighted by Gasteiger charge is -2.30. The lowest BCUT2D eigenvalue weighted by molar-refractivity contribution is -0.135. The topological polar surface area (TPSA) is 52.6 Å². The molecule has 1 heterocycles. The van der Waals surface area contributed by atoms with Gasteiger partial charge in [-0.1, -0.05) is 18.6 Å². The summed E-state index contributed by atoms with van der Waals surface area (Å²) in [5, 5.41) is 12.9. The van der Waals surface area contributed by atoms with Gasteiger partial charge in [0.15, 0.2) is 0 Å². The molecule has 1 saturated carbocycles. The van der Waals surface area contributed by atoms with Crippen LogP contribution in [0.5, 0.6) is 5.75 Å². The number of carbonyl (C=O) groups excluding carboxylic acids is 1. The smallest absolute Gasteiger partial charge is 0.240 e. The number of hydrogen-bond donors (Lipinski definition) is 2. The van der Waals surface area contributed by atoms with Crippen molar-refractivity contribution in [1.29, 1.82) is 0 Å². The van der Waals surface area contributed by atoms with E-state index in [4.69, 9.17) is 0 Å². The van der Waals surface area contributed by atoms with Gasteiger partial charge < -0.3 is 15.3 Å².